The molecule has 0 spiro atoms. The van der Waals surface area contributed by atoms with Gasteiger partial charge in [0.2, 0.25) is 0 Å². The second-order valence-corrected chi connectivity index (χ2v) is 8.53. The Morgan fingerprint density at radius 2 is 1.90 bits per heavy atom. The van der Waals surface area contributed by atoms with E-state index in [-0.39, 0.29) is 5.91 Å². The van der Waals surface area contributed by atoms with E-state index in [1.54, 1.807) is 25.3 Å². The van der Waals surface area contributed by atoms with Crippen molar-refractivity contribution in [2.24, 2.45) is 5.92 Å². The molecule has 1 amide bonds. The fraction of sp³-hybridized carbons (Fsp3) is 0.364. The molecule has 4 rings (SSSR count). The normalized spacial score (nSPS) is 19.3. The largest absolute Gasteiger partial charge is 0.494 e. The Morgan fingerprint density at radius 3 is 2.59 bits per heavy atom. The van der Waals surface area contributed by atoms with Crippen molar-refractivity contribution in [2.45, 2.75) is 38.6 Å². The van der Waals surface area contributed by atoms with Crippen molar-refractivity contribution in [2.75, 3.05) is 12.4 Å². The minimum absolute atomic E-state index is 0.283. The predicted molar refractivity (Wildman–Crippen MR) is 117 cm³/mol. The number of methoxy groups -OCH3 is 1. The number of benzene rings is 2. The third kappa shape index (κ3) is 4.21. The number of anilines is 1. The summed E-state index contributed by atoms with van der Waals surface area (Å²) in [6.45, 7) is 2.31. The smallest absolute Gasteiger partial charge is 0.255 e. The number of hydrogen-bond acceptors (Lipinski definition) is 3. The first-order valence-electron chi connectivity index (χ1n) is 9.78. The van der Waals surface area contributed by atoms with Crippen LogP contribution in [-0.2, 0) is 0 Å². The minimum atomic E-state index is -0.283. The Morgan fingerprint density at radius 1 is 1.14 bits per heavy atom. The average molecular weight is 432 g/mol. The molecule has 1 aliphatic carbocycles. The van der Waals surface area contributed by atoms with Crippen LogP contribution in [0.5, 0.6) is 5.75 Å². The second-order valence-electron chi connectivity index (χ2n) is 7.72. The Kier molecular flexibility index (Phi) is 5.70. The van der Waals surface area contributed by atoms with Crippen LogP contribution in [0.1, 0.15) is 49.0 Å². The van der Waals surface area contributed by atoms with Gasteiger partial charge in [-0.05, 0) is 55.9 Å². The second kappa shape index (κ2) is 8.25. The molecule has 1 saturated carbocycles. The molecule has 152 valence electrons. The first-order chi connectivity index (χ1) is 13.9. The molecule has 0 aliphatic heterocycles. The first-order valence-corrected chi connectivity index (χ1v) is 10.5. The van der Waals surface area contributed by atoms with Gasteiger partial charge in [0.1, 0.15) is 5.75 Å². The van der Waals surface area contributed by atoms with Gasteiger partial charge in [0.15, 0.2) is 0 Å². The first kappa shape index (κ1) is 20.0. The monoisotopic (exact) mass is 431 g/mol. The maximum atomic E-state index is 12.7. The average Bonchev–Trinajstić information content (AvgIpc) is 3.12. The van der Waals surface area contributed by atoms with Gasteiger partial charge in [-0.3, -0.25) is 9.48 Å². The lowest BCUT2D eigenvalue weighted by molar-refractivity contribution is 0.102. The lowest BCUT2D eigenvalue weighted by atomic mass is 9.87. The van der Waals surface area contributed by atoms with Crippen LogP contribution in [0.15, 0.2) is 36.5 Å². The van der Waals surface area contributed by atoms with Crippen molar-refractivity contribution >= 4 is 45.7 Å². The standard InChI is InChI=1S/C22H23Cl2N3O2/c1-13-3-6-16(7-4-13)27-12-15-10-20(21(29-2)11-19(15)26-27)25-22(28)14-5-8-17(23)18(24)9-14/h5,8-13,16H,3-4,6-7H2,1-2H3,(H,25,28)/t13-,16-. The van der Waals surface area contributed by atoms with Gasteiger partial charge in [0.05, 0.1) is 34.4 Å². The summed E-state index contributed by atoms with van der Waals surface area (Å²) in [6, 6.07) is 8.98. The number of hydrogen-bond donors (Lipinski definition) is 1. The number of aromatic nitrogens is 2. The SMILES string of the molecule is COc1cc2nn([C@H]3CC[C@H](C)CC3)cc2cc1NC(=O)c1ccc(Cl)c(Cl)c1. The zero-order valence-electron chi connectivity index (χ0n) is 16.4. The number of fused-ring (bicyclic) bond motifs is 1. The van der Waals surface area contributed by atoms with Gasteiger partial charge in [-0.25, -0.2) is 0 Å². The highest BCUT2D eigenvalue weighted by atomic mass is 35.5. The summed E-state index contributed by atoms with van der Waals surface area (Å²) in [5.41, 5.74) is 1.87. The van der Waals surface area contributed by atoms with Gasteiger partial charge < -0.3 is 10.1 Å². The van der Waals surface area contributed by atoms with Crippen molar-refractivity contribution in [1.29, 1.82) is 0 Å². The summed E-state index contributed by atoms with van der Waals surface area (Å²) in [5.74, 6) is 1.07. The number of nitrogens with one attached hydrogen (secondary N) is 1. The van der Waals surface area contributed by atoms with E-state index in [9.17, 15) is 4.79 Å². The Labute approximate surface area is 179 Å². The molecular formula is C22H23Cl2N3O2. The van der Waals surface area contributed by atoms with Gasteiger partial charge in [0.25, 0.3) is 5.91 Å². The molecule has 7 heteroatoms. The van der Waals surface area contributed by atoms with Crippen molar-refractivity contribution in [3.63, 3.8) is 0 Å². The highest BCUT2D eigenvalue weighted by molar-refractivity contribution is 6.42. The molecule has 1 aliphatic rings. The van der Waals surface area contributed by atoms with Crippen molar-refractivity contribution < 1.29 is 9.53 Å². The van der Waals surface area contributed by atoms with Crippen LogP contribution >= 0.6 is 23.2 Å². The lowest BCUT2D eigenvalue weighted by Gasteiger charge is -2.26. The van der Waals surface area contributed by atoms with Crippen LogP contribution in [-0.4, -0.2) is 22.8 Å². The maximum absolute atomic E-state index is 12.7. The third-order valence-electron chi connectivity index (χ3n) is 5.63. The quantitative estimate of drug-likeness (QED) is 0.522. The molecule has 0 unspecified atom stereocenters. The summed E-state index contributed by atoms with van der Waals surface area (Å²) >= 11 is 12.0. The molecular weight excluding hydrogens is 409 g/mol. The van der Waals surface area contributed by atoms with Crippen LogP contribution in [0.3, 0.4) is 0 Å². The number of amides is 1. The third-order valence-corrected chi connectivity index (χ3v) is 6.37. The number of nitrogens with zero attached hydrogens (tertiary/aromatic N) is 2. The van der Waals surface area contributed by atoms with E-state index >= 15 is 0 Å². The Balaban J connectivity index is 1.61. The summed E-state index contributed by atoms with van der Waals surface area (Å²) in [5, 5.41) is 9.38. The van der Waals surface area contributed by atoms with E-state index in [0.29, 0.717) is 33.1 Å². The van der Waals surface area contributed by atoms with E-state index in [4.69, 9.17) is 33.0 Å². The van der Waals surface area contributed by atoms with Gasteiger partial charge in [-0.1, -0.05) is 30.1 Å². The number of carbonyl (C=O) groups is 1. The fourth-order valence-electron chi connectivity index (χ4n) is 3.86. The Bertz CT molecular complexity index is 1060. The molecule has 1 aromatic heterocycles. The number of ether oxygens (including phenoxy) is 1. The zero-order chi connectivity index (χ0) is 20.5. The van der Waals surface area contributed by atoms with Crippen molar-refractivity contribution in [1.82, 2.24) is 9.78 Å². The number of carbonyl (C=O) groups excluding carboxylic acids is 1. The predicted octanol–water partition coefficient (Wildman–Crippen LogP) is 6.36. The summed E-state index contributed by atoms with van der Waals surface area (Å²) < 4.78 is 7.56. The molecule has 3 aromatic rings. The van der Waals surface area contributed by atoms with E-state index in [2.05, 4.69) is 23.1 Å². The van der Waals surface area contributed by atoms with E-state index in [1.807, 2.05) is 12.1 Å². The number of halogens is 2. The van der Waals surface area contributed by atoms with Crippen LogP contribution in [0.2, 0.25) is 10.0 Å². The minimum Gasteiger partial charge on any atom is -0.494 e. The van der Waals surface area contributed by atoms with Crippen LogP contribution in [0, 0.1) is 5.92 Å². The van der Waals surface area contributed by atoms with Gasteiger partial charge in [-0.2, -0.15) is 5.10 Å². The molecule has 2 aromatic carbocycles. The molecule has 1 heterocycles. The van der Waals surface area contributed by atoms with E-state index in [0.717, 1.165) is 29.7 Å². The van der Waals surface area contributed by atoms with E-state index in [1.165, 1.54) is 12.8 Å². The fourth-order valence-corrected chi connectivity index (χ4v) is 4.16. The maximum Gasteiger partial charge on any atom is 0.255 e. The molecule has 0 saturated heterocycles. The highest BCUT2D eigenvalue weighted by Crippen LogP contribution is 2.35. The summed E-state index contributed by atoms with van der Waals surface area (Å²) in [4.78, 5) is 12.7. The summed E-state index contributed by atoms with van der Waals surface area (Å²) in [6.07, 6.45) is 6.81. The zero-order valence-corrected chi connectivity index (χ0v) is 17.9. The van der Waals surface area contributed by atoms with Crippen LogP contribution in [0.25, 0.3) is 10.9 Å². The highest BCUT2D eigenvalue weighted by Gasteiger charge is 2.21. The lowest BCUT2D eigenvalue weighted by Crippen LogP contribution is -2.16. The molecule has 0 atom stereocenters. The molecule has 0 radical (unpaired) electrons. The van der Waals surface area contributed by atoms with Crippen LogP contribution in [0.4, 0.5) is 5.69 Å². The van der Waals surface area contributed by atoms with Gasteiger partial charge in [0, 0.05) is 23.2 Å². The van der Waals surface area contributed by atoms with E-state index < -0.39 is 0 Å². The molecule has 1 N–H and O–H groups in total. The molecule has 29 heavy (non-hydrogen) atoms. The summed E-state index contributed by atoms with van der Waals surface area (Å²) in [7, 11) is 1.58. The number of rotatable bonds is 4. The van der Waals surface area contributed by atoms with Crippen molar-refractivity contribution in [3.8, 4) is 5.75 Å². The van der Waals surface area contributed by atoms with Crippen molar-refractivity contribution in [3.05, 3.63) is 52.1 Å². The van der Waals surface area contributed by atoms with Gasteiger partial charge in [-0.15, -0.1) is 0 Å². The molecule has 0 bridgehead atoms. The van der Waals surface area contributed by atoms with Gasteiger partial charge >= 0.3 is 0 Å². The molecule has 1 fully saturated rings. The molecule has 5 nitrogen and oxygen atoms in total. The van der Waals surface area contributed by atoms with Crippen LogP contribution < -0.4 is 10.1 Å². The topological polar surface area (TPSA) is 56.1 Å². The Hall–Kier alpha value is -2.24.